The molecule has 1 aliphatic heterocycles. The van der Waals surface area contributed by atoms with Crippen molar-refractivity contribution >= 4 is 17.6 Å². The van der Waals surface area contributed by atoms with Crippen LogP contribution in [0.1, 0.15) is 35.8 Å². The molecule has 1 aliphatic rings. The van der Waals surface area contributed by atoms with Crippen molar-refractivity contribution in [3.63, 3.8) is 0 Å². The van der Waals surface area contributed by atoms with Gasteiger partial charge < -0.3 is 4.90 Å². The molecular formula is C20H17N5O. The standard InChI is InChI=1S/C20H17N5O/c21-14-16-7-2-1-6-15(16)10-11-19(26)24-13-5-8-17(24)20-23-22-18-9-3-4-12-25(18)20/h1-4,6-7,9-12,17H,5,8,13H2/b11-10-/t17-/m0/s1. The highest BCUT2D eigenvalue weighted by atomic mass is 16.2. The zero-order valence-corrected chi connectivity index (χ0v) is 14.1. The molecular weight excluding hydrogens is 326 g/mol. The molecule has 2 aromatic heterocycles. The highest BCUT2D eigenvalue weighted by Gasteiger charge is 2.32. The zero-order chi connectivity index (χ0) is 17.9. The third kappa shape index (κ3) is 2.84. The maximum Gasteiger partial charge on any atom is 0.247 e. The van der Waals surface area contributed by atoms with E-state index in [2.05, 4.69) is 16.3 Å². The Bertz CT molecular complexity index is 1030. The van der Waals surface area contributed by atoms with Gasteiger partial charge in [0.05, 0.1) is 17.7 Å². The summed E-state index contributed by atoms with van der Waals surface area (Å²) >= 11 is 0. The third-order valence-electron chi connectivity index (χ3n) is 4.66. The summed E-state index contributed by atoms with van der Waals surface area (Å²) in [6.45, 7) is 0.690. The van der Waals surface area contributed by atoms with Gasteiger partial charge in [-0.25, -0.2) is 0 Å². The Morgan fingerprint density at radius 3 is 2.92 bits per heavy atom. The van der Waals surface area contributed by atoms with E-state index in [1.54, 1.807) is 12.1 Å². The average Bonchev–Trinajstić information content (AvgIpc) is 3.32. The fourth-order valence-corrected chi connectivity index (χ4v) is 3.39. The molecule has 4 rings (SSSR count). The molecule has 3 aromatic rings. The first kappa shape index (κ1) is 16.0. The van der Waals surface area contributed by atoms with Crippen molar-refractivity contribution < 1.29 is 4.79 Å². The lowest BCUT2D eigenvalue weighted by Gasteiger charge is -2.22. The second-order valence-electron chi connectivity index (χ2n) is 6.21. The summed E-state index contributed by atoms with van der Waals surface area (Å²) in [5.41, 5.74) is 2.07. The molecule has 1 amide bonds. The molecule has 0 radical (unpaired) electrons. The van der Waals surface area contributed by atoms with Crippen LogP contribution in [0.4, 0.5) is 0 Å². The molecule has 26 heavy (non-hydrogen) atoms. The maximum absolute atomic E-state index is 12.8. The van der Waals surface area contributed by atoms with E-state index in [4.69, 9.17) is 5.26 Å². The molecule has 128 valence electrons. The van der Waals surface area contributed by atoms with E-state index < -0.39 is 0 Å². The minimum atomic E-state index is -0.0873. The van der Waals surface area contributed by atoms with Crippen molar-refractivity contribution in [1.82, 2.24) is 19.5 Å². The van der Waals surface area contributed by atoms with Crippen LogP contribution in [-0.4, -0.2) is 31.9 Å². The van der Waals surface area contributed by atoms with E-state index in [0.29, 0.717) is 12.1 Å². The predicted octanol–water partition coefficient (Wildman–Crippen LogP) is 2.98. The Labute approximate surface area is 151 Å². The number of likely N-dealkylation sites (tertiary alicyclic amines) is 1. The normalized spacial score (nSPS) is 17.0. The Hall–Kier alpha value is -3.46. The van der Waals surface area contributed by atoms with E-state index in [1.807, 2.05) is 51.9 Å². The van der Waals surface area contributed by atoms with Crippen LogP contribution in [0.2, 0.25) is 0 Å². The van der Waals surface area contributed by atoms with Gasteiger partial charge in [0, 0.05) is 18.8 Å². The number of pyridine rings is 1. The number of nitrogens with zero attached hydrogens (tertiary/aromatic N) is 5. The first-order chi connectivity index (χ1) is 12.8. The first-order valence-corrected chi connectivity index (χ1v) is 8.55. The highest BCUT2D eigenvalue weighted by Crippen LogP contribution is 2.31. The second-order valence-corrected chi connectivity index (χ2v) is 6.21. The first-order valence-electron chi connectivity index (χ1n) is 8.55. The second kappa shape index (κ2) is 6.81. The fourth-order valence-electron chi connectivity index (χ4n) is 3.39. The van der Waals surface area contributed by atoms with Crippen LogP contribution in [0.15, 0.2) is 54.7 Å². The molecule has 6 nitrogen and oxygen atoms in total. The van der Waals surface area contributed by atoms with Crippen LogP contribution in [0.3, 0.4) is 0 Å². The number of carbonyl (C=O) groups is 1. The fraction of sp³-hybridized carbons (Fsp3) is 0.200. The van der Waals surface area contributed by atoms with Crippen molar-refractivity contribution in [3.05, 3.63) is 71.7 Å². The number of hydrogen-bond acceptors (Lipinski definition) is 4. The predicted molar refractivity (Wildman–Crippen MR) is 96.9 cm³/mol. The lowest BCUT2D eigenvalue weighted by atomic mass is 10.1. The lowest BCUT2D eigenvalue weighted by molar-refractivity contribution is -0.127. The van der Waals surface area contributed by atoms with Gasteiger partial charge in [-0.1, -0.05) is 24.3 Å². The zero-order valence-electron chi connectivity index (χ0n) is 14.1. The molecule has 1 fully saturated rings. The van der Waals surface area contributed by atoms with Gasteiger partial charge in [0.1, 0.15) is 0 Å². The van der Waals surface area contributed by atoms with Gasteiger partial charge in [0.15, 0.2) is 11.5 Å². The monoisotopic (exact) mass is 343 g/mol. The topological polar surface area (TPSA) is 74.3 Å². The number of fused-ring (bicyclic) bond motifs is 1. The Morgan fingerprint density at radius 2 is 2.04 bits per heavy atom. The quantitative estimate of drug-likeness (QED) is 0.685. The maximum atomic E-state index is 12.8. The minimum Gasteiger partial charge on any atom is -0.329 e. The minimum absolute atomic E-state index is 0.0760. The summed E-state index contributed by atoms with van der Waals surface area (Å²) in [6.07, 6.45) is 6.96. The van der Waals surface area contributed by atoms with Crippen LogP contribution >= 0.6 is 0 Å². The number of rotatable bonds is 3. The molecule has 6 heteroatoms. The number of carbonyl (C=O) groups excluding carboxylic acids is 1. The molecule has 0 unspecified atom stereocenters. The summed E-state index contributed by atoms with van der Waals surface area (Å²) in [4.78, 5) is 14.6. The third-order valence-corrected chi connectivity index (χ3v) is 4.66. The number of amides is 1. The van der Waals surface area contributed by atoms with Gasteiger partial charge in [-0.3, -0.25) is 9.20 Å². The van der Waals surface area contributed by atoms with Crippen molar-refractivity contribution in [3.8, 4) is 6.07 Å². The molecule has 0 bridgehead atoms. The van der Waals surface area contributed by atoms with E-state index in [9.17, 15) is 4.79 Å². The summed E-state index contributed by atoms with van der Waals surface area (Å²) in [5, 5.41) is 17.7. The van der Waals surface area contributed by atoms with E-state index >= 15 is 0 Å². The van der Waals surface area contributed by atoms with Gasteiger partial charge in [0.2, 0.25) is 5.91 Å². The molecule has 1 aromatic carbocycles. The Balaban J connectivity index is 1.59. The van der Waals surface area contributed by atoms with E-state index in [1.165, 1.54) is 6.08 Å². The van der Waals surface area contributed by atoms with Gasteiger partial charge >= 0.3 is 0 Å². The molecule has 0 aliphatic carbocycles. The molecule has 0 N–H and O–H groups in total. The van der Waals surface area contributed by atoms with E-state index in [-0.39, 0.29) is 11.9 Å². The van der Waals surface area contributed by atoms with Crippen LogP contribution in [0, 0.1) is 11.3 Å². The van der Waals surface area contributed by atoms with Gasteiger partial charge in [-0.05, 0) is 42.7 Å². The molecule has 0 spiro atoms. The van der Waals surface area contributed by atoms with Crippen molar-refractivity contribution in [2.75, 3.05) is 6.54 Å². The van der Waals surface area contributed by atoms with E-state index in [0.717, 1.165) is 29.9 Å². The van der Waals surface area contributed by atoms with Crippen molar-refractivity contribution in [2.45, 2.75) is 18.9 Å². The number of aromatic nitrogens is 3. The van der Waals surface area contributed by atoms with Crippen LogP contribution < -0.4 is 0 Å². The largest absolute Gasteiger partial charge is 0.329 e. The van der Waals surface area contributed by atoms with Crippen LogP contribution in [0.5, 0.6) is 0 Å². The number of benzene rings is 1. The van der Waals surface area contributed by atoms with Gasteiger partial charge in [0.25, 0.3) is 0 Å². The SMILES string of the molecule is N#Cc1ccccc1/C=C\C(=O)N1CCC[C@H]1c1nnc2ccccn12. The molecule has 1 atom stereocenters. The highest BCUT2D eigenvalue weighted by molar-refractivity contribution is 5.92. The number of nitriles is 1. The van der Waals surface area contributed by atoms with Crippen molar-refractivity contribution in [1.29, 1.82) is 5.26 Å². The average molecular weight is 343 g/mol. The smallest absolute Gasteiger partial charge is 0.247 e. The van der Waals surface area contributed by atoms with Crippen LogP contribution in [0.25, 0.3) is 11.7 Å². The summed E-state index contributed by atoms with van der Waals surface area (Å²) in [6, 6.07) is 15.0. The summed E-state index contributed by atoms with van der Waals surface area (Å²) in [7, 11) is 0. The number of hydrogen-bond donors (Lipinski definition) is 0. The van der Waals surface area contributed by atoms with Crippen molar-refractivity contribution in [2.24, 2.45) is 0 Å². The molecule has 0 saturated carbocycles. The summed E-state index contributed by atoms with van der Waals surface area (Å²) in [5.74, 6) is 0.713. The van der Waals surface area contributed by atoms with Gasteiger partial charge in [-0.15, -0.1) is 10.2 Å². The lowest BCUT2D eigenvalue weighted by Crippen LogP contribution is -2.30. The van der Waals surface area contributed by atoms with Gasteiger partial charge in [-0.2, -0.15) is 5.26 Å². The molecule has 3 heterocycles. The Kier molecular flexibility index (Phi) is 4.20. The Morgan fingerprint density at radius 1 is 1.19 bits per heavy atom. The summed E-state index contributed by atoms with van der Waals surface area (Å²) < 4.78 is 1.94. The molecule has 1 saturated heterocycles. The van der Waals surface area contributed by atoms with Crippen LogP contribution in [-0.2, 0) is 4.79 Å².